The van der Waals surface area contributed by atoms with Gasteiger partial charge in [0, 0.05) is 35.7 Å². The van der Waals surface area contributed by atoms with Crippen molar-refractivity contribution in [2.24, 2.45) is 0 Å². The molecule has 2 rings (SSSR count). The van der Waals surface area contributed by atoms with Crippen LogP contribution in [0.3, 0.4) is 0 Å². The molecule has 96 valence electrons. The second-order valence-corrected chi connectivity index (χ2v) is 6.73. The van der Waals surface area contributed by atoms with Crippen molar-refractivity contribution in [2.45, 2.75) is 52.2 Å². The van der Waals surface area contributed by atoms with E-state index in [2.05, 4.69) is 42.9 Å². The molecule has 1 aromatic heterocycles. The van der Waals surface area contributed by atoms with E-state index in [0.717, 1.165) is 19.6 Å². The van der Waals surface area contributed by atoms with Crippen molar-refractivity contribution in [3.8, 4) is 0 Å². The summed E-state index contributed by atoms with van der Waals surface area (Å²) < 4.78 is 0. The van der Waals surface area contributed by atoms with Crippen molar-refractivity contribution in [1.82, 2.24) is 15.2 Å². The number of nitrogens with one attached hydrogen (secondary N) is 1. The van der Waals surface area contributed by atoms with E-state index in [9.17, 15) is 0 Å². The minimum absolute atomic E-state index is 0.263. The molecule has 2 atom stereocenters. The average molecular weight is 253 g/mol. The first kappa shape index (κ1) is 13.0. The minimum Gasteiger partial charge on any atom is -0.309 e. The molecule has 1 aliphatic heterocycles. The van der Waals surface area contributed by atoms with Gasteiger partial charge in [0.1, 0.15) is 5.01 Å². The third kappa shape index (κ3) is 3.06. The summed E-state index contributed by atoms with van der Waals surface area (Å²) in [6.45, 7) is 12.2. The number of hydrogen-bond donors (Lipinski definition) is 1. The highest BCUT2D eigenvalue weighted by Gasteiger charge is 2.32. The van der Waals surface area contributed by atoms with Crippen molar-refractivity contribution < 1.29 is 0 Å². The molecule has 0 aliphatic carbocycles. The highest BCUT2D eigenvalue weighted by molar-refractivity contribution is 7.11. The maximum Gasteiger partial charge on any atom is 0.107 e. The molecule has 4 heteroatoms. The molecule has 0 bridgehead atoms. The van der Waals surface area contributed by atoms with Crippen molar-refractivity contribution in [1.29, 1.82) is 0 Å². The predicted molar refractivity (Wildman–Crippen MR) is 73.4 cm³/mol. The number of aromatic nitrogens is 1. The van der Waals surface area contributed by atoms with Crippen LogP contribution < -0.4 is 5.32 Å². The molecule has 0 spiro atoms. The van der Waals surface area contributed by atoms with Crippen LogP contribution in [-0.4, -0.2) is 34.6 Å². The van der Waals surface area contributed by atoms with Crippen LogP contribution in [0.5, 0.6) is 0 Å². The molecule has 3 nitrogen and oxygen atoms in total. The quantitative estimate of drug-likeness (QED) is 0.896. The Labute approximate surface area is 108 Å². The first-order valence-electron chi connectivity index (χ1n) is 6.43. The standard InChI is InChI=1S/C13H23N3S/c1-5-13(4)9-16(10(2)6-15-13)8-12-14-7-11(3)17-12/h7,10,15H,5-6,8-9H2,1-4H3. The Bertz CT molecular complexity index is 376. The van der Waals surface area contributed by atoms with Gasteiger partial charge >= 0.3 is 0 Å². The fourth-order valence-corrected chi connectivity index (χ4v) is 3.09. The van der Waals surface area contributed by atoms with Crippen LogP contribution in [0, 0.1) is 6.92 Å². The van der Waals surface area contributed by atoms with Gasteiger partial charge in [0.2, 0.25) is 0 Å². The van der Waals surface area contributed by atoms with E-state index in [4.69, 9.17) is 0 Å². The van der Waals surface area contributed by atoms with Crippen LogP contribution in [0.2, 0.25) is 0 Å². The van der Waals surface area contributed by atoms with Crippen LogP contribution in [-0.2, 0) is 6.54 Å². The second kappa shape index (κ2) is 5.04. The van der Waals surface area contributed by atoms with E-state index >= 15 is 0 Å². The maximum atomic E-state index is 4.47. The molecular weight excluding hydrogens is 230 g/mol. The molecule has 0 radical (unpaired) electrons. The average Bonchev–Trinajstić information content (AvgIpc) is 2.70. The Morgan fingerprint density at radius 2 is 2.41 bits per heavy atom. The number of nitrogens with zero attached hydrogens (tertiary/aromatic N) is 2. The molecule has 0 amide bonds. The van der Waals surface area contributed by atoms with Gasteiger partial charge in [-0.25, -0.2) is 4.98 Å². The highest BCUT2D eigenvalue weighted by atomic mass is 32.1. The third-order valence-corrected chi connectivity index (χ3v) is 4.69. The molecule has 0 saturated carbocycles. The fraction of sp³-hybridized carbons (Fsp3) is 0.769. The minimum atomic E-state index is 0.263. The van der Waals surface area contributed by atoms with Crippen molar-refractivity contribution >= 4 is 11.3 Å². The van der Waals surface area contributed by atoms with E-state index in [-0.39, 0.29) is 5.54 Å². The lowest BCUT2D eigenvalue weighted by Gasteiger charge is -2.44. The van der Waals surface area contributed by atoms with Crippen LogP contribution in [0.4, 0.5) is 0 Å². The van der Waals surface area contributed by atoms with Crippen molar-refractivity contribution in [3.05, 3.63) is 16.1 Å². The van der Waals surface area contributed by atoms with Gasteiger partial charge < -0.3 is 5.32 Å². The molecule has 0 aromatic carbocycles. The molecule has 2 heterocycles. The fourth-order valence-electron chi connectivity index (χ4n) is 2.28. The molecule has 1 aromatic rings. The van der Waals surface area contributed by atoms with Gasteiger partial charge in [-0.3, -0.25) is 4.90 Å². The molecule has 1 saturated heterocycles. The number of hydrogen-bond acceptors (Lipinski definition) is 4. The largest absolute Gasteiger partial charge is 0.309 e. The Morgan fingerprint density at radius 3 is 3.00 bits per heavy atom. The second-order valence-electron chi connectivity index (χ2n) is 5.41. The Morgan fingerprint density at radius 1 is 1.65 bits per heavy atom. The zero-order valence-corrected chi connectivity index (χ0v) is 12.1. The van der Waals surface area contributed by atoms with E-state index in [0.29, 0.717) is 6.04 Å². The van der Waals surface area contributed by atoms with Gasteiger partial charge in [-0.05, 0) is 27.2 Å². The Balaban J connectivity index is 2.03. The first-order chi connectivity index (χ1) is 8.02. The van der Waals surface area contributed by atoms with Gasteiger partial charge in [-0.1, -0.05) is 6.92 Å². The zero-order chi connectivity index (χ0) is 12.5. The number of thiazole rings is 1. The summed E-state index contributed by atoms with van der Waals surface area (Å²) in [5.41, 5.74) is 0.263. The molecule has 17 heavy (non-hydrogen) atoms. The summed E-state index contributed by atoms with van der Waals surface area (Å²) in [7, 11) is 0. The van der Waals surface area contributed by atoms with Gasteiger partial charge in [0.25, 0.3) is 0 Å². The van der Waals surface area contributed by atoms with Gasteiger partial charge in [-0.15, -0.1) is 11.3 Å². The van der Waals surface area contributed by atoms with Crippen molar-refractivity contribution in [2.75, 3.05) is 13.1 Å². The van der Waals surface area contributed by atoms with Gasteiger partial charge in [-0.2, -0.15) is 0 Å². The van der Waals surface area contributed by atoms with Gasteiger partial charge in [0.15, 0.2) is 0 Å². The molecule has 1 aliphatic rings. The van der Waals surface area contributed by atoms with E-state index in [1.807, 2.05) is 17.5 Å². The highest BCUT2D eigenvalue weighted by Crippen LogP contribution is 2.22. The lowest BCUT2D eigenvalue weighted by atomic mass is 9.94. The smallest absolute Gasteiger partial charge is 0.107 e. The van der Waals surface area contributed by atoms with E-state index in [1.54, 1.807) is 0 Å². The SMILES string of the molecule is CCC1(C)CN(Cc2ncc(C)s2)C(C)CN1. The molecule has 2 unspecified atom stereocenters. The zero-order valence-electron chi connectivity index (χ0n) is 11.3. The monoisotopic (exact) mass is 253 g/mol. The molecule has 1 fully saturated rings. The first-order valence-corrected chi connectivity index (χ1v) is 7.24. The lowest BCUT2D eigenvalue weighted by Crippen LogP contribution is -2.61. The van der Waals surface area contributed by atoms with E-state index < -0.39 is 0 Å². The third-order valence-electron chi connectivity index (χ3n) is 3.79. The Hall–Kier alpha value is -0.450. The molecule has 1 N–H and O–H groups in total. The summed E-state index contributed by atoms with van der Waals surface area (Å²) >= 11 is 1.82. The predicted octanol–water partition coefficient (Wildman–Crippen LogP) is 2.41. The number of aryl methyl sites for hydroxylation is 1. The lowest BCUT2D eigenvalue weighted by molar-refractivity contribution is 0.0865. The number of rotatable bonds is 3. The van der Waals surface area contributed by atoms with Crippen LogP contribution in [0.15, 0.2) is 6.20 Å². The van der Waals surface area contributed by atoms with Crippen LogP contribution in [0.1, 0.15) is 37.1 Å². The molecular formula is C13H23N3S. The van der Waals surface area contributed by atoms with Gasteiger partial charge in [0.05, 0.1) is 6.54 Å². The normalized spacial score (nSPS) is 30.7. The Kier molecular flexibility index (Phi) is 3.85. The maximum absolute atomic E-state index is 4.47. The summed E-state index contributed by atoms with van der Waals surface area (Å²) in [6.07, 6.45) is 3.15. The van der Waals surface area contributed by atoms with Crippen molar-refractivity contribution in [3.63, 3.8) is 0 Å². The number of piperazine rings is 1. The van der Waals surface area contributed by atoms with Crippen LogP contribution in [0.25, 0.3) is 0 Å². The summed E-state index contributed by atoms with van der Waals surface area (Å²) in [5.74, 6) is 0. The summed E-state index contributed by atoms with van der Waals surface area (Å²) in [4.78, 5) is 8.33. The summed E-state index contributed by atoms with van der Waals surface area (Å²) in [6, 6.07) is 0.596. The topological polar surface area (TPSA) is 28.2 Å². The van der Waals surface area contributed by atoms with E-state index in [1.165, 1.54) is 16.3 Å². The van der Waals surface area contributed by atoms with Crippen LogP contribution >= 0.6 is 11.3 Å². The summed E-state index contributed by atoms with van der Waals surface area (Å²) in [5, 5.41) is 4.90.